The van der Waals surface area contributed by atoms with Gasteiger partial charge >= 0.3 is 0 Å². The molecule has 9 heavy (non-hydrogen) atoms. The van der Waals surface area contributed by atoms with E-state index in [1.807, 2.05) is 13.2 Å². The highest BCUT2D eigenvalue weighted by Crippen LogP contribution is 2.09. The Labute approximate surface area is 60.2 Å². The van der Waals surface area contributed by atoms with E-state index in [-0.39, 0.29) is 0 Å². The van der Waals surface area contributed by atoms with Gasteiger partial charge in [-0.15, -0.1) is 11.8 Å². The summed E-state index contributed by atoms with van der Waals surface area (Å²) >= 11 is 1.66. The molecule has 2 N–H and O–H groups in total. The molecular formula is C6H12N2S. The smallest absolute Gasteiger partial charge is 0.0405 e. The standard InChI is InChI=1S/C6H12N2S/c1-3-9-6(4-7)5-8-2/h4-5,7-8H,3H2,1-2H3/b6-5+,7-4?. The average molecular weight is 144 g/mol. The molecule has 0 aliphatic rings. The second-order valence-electron chi connectivity index (χ2n) is 1.41. The molecule has 0 aromatic rings. The molecule has 3 heteroatoms. The summed E-state index contributed by atoms with van der Waals surface area (Å²) in [6, 6.07) is 0. The minimum absolute atomic E-state index is 0.972. The number of hydrogen-bond donors (Lipinski definition) is 2. The molecule has 0 heterocycles. The van der Waals surface area contributed by atoms with Crippen LogP contribution < -0.4 is 5.32 Å². The Bertz CT molecular complexity index is 110. The molecule has 0 saturated heterocycles. The summed E-state index contributed by atoms with van der Waals surface area (Å²) in [4.78, 5) is 0.972. The molecule has 0 saturated carbocycles. The molecule has 0 radical (unpaired) electrons. The Hall–Kier alpha value is -0.440. The van der Waals surface area contributed by atoms with Crippen molar-refractivity contribution < 1.29 is 0 Å². The predicted octanol–water partition coefficient (Wildman–Crippen LogP) is 1.45. The molecule has 0 atom stereocenters. The van der Waals surface area contributed by atoms with Gasteiger partial charge in [-0.3, -0.25) is 0 Å². The highest BCUT2D eigenvalue weighted by Gasteiger charge is 1.87. The zero-order valence-electron chi connectivity index (χ0n) is 5.77. The lowest BCUT2D eigenvalue weighted by Gasteiger charge is -1.95. The number of nitrogens with one attached hydrogen (secondary N) is 2. The molecule has 0 fully saturated rings. The van der Waals surface area contributed by atoms with E-state index in [1.54, 1.807) is 11.8 Å². The van der Waals surface area contributed by atoms with Gasteiger partial charge in [-0.2, -0.15) is 0 Å². The maximum absolute atomic E-state index is 6.91. The van der Waals surface area contributed by atoms with Crippen molar-refractivity contribution >= 4 is 18.0 Å². The lowest BCUT2D eigenvalue weighted by molar-refractivity contribution is 1.10. The molecule has 0 aliphatic carbocycles. The van der Waals surface area contributed by atoms with E-state index < -0.39 is 0 Å². The van der Waals surface area contributed by atoms with Gasteiger partial charge in [0.2, 0.25) is 0 Å². The first kappa shape index (κ1) is 8.56. The van der Waals surface area contributed by atoms with Crippen molar-refractivity contribution in [3.05, 3.63) is 11.1 Å². The Balaban J connectivity index is 3.66. The van der Waals surface area contributed by atoms with E-state index in [2.05, 4.69) is 12.2 Å². The molecule has 0 aromatic carbocycles. The van der Waals surface area contributed by atoms with E-state index in [1.165, 1.54) is 6.21 Å². The first-order chi connectivity index (χ1) is 4.35. The predicted molar refractivity (Wildman–Crippen MR) is 44.1 cm³/mol. The summed E-state index contributed by atoms with van der Waals surface area (Å²) < 4.78 is 0. The van der Waals surface area contributed by atoms with E-state index in [9.17, 15) is 0 Å². The van der Waals surface area contributed by atoms with Crippen LogP contribution in [-0.2, 0) is 0 Å². The van der Waals surface area contributed by atoms with E-state index in [0.717, 1.165) is 10.7 Å². The molecule has 0 unspecified atom stereocenters. The number of hydrogen-bond acceptors (Lipinski definition) is 3. The van der Waals surface area contributed by atoms with Gasteiger partial charge in [-0.1, -0.05) is 6.92 Å². The fourth-order valence-electron chi connectivity index (χ4n) is 0.434. The lowest BCUT2D eigenvalue weighted by Crippen LogP contribution is -1.95. The van der Waals surface area contributed by atoms with Crippen molar-refractivity contribution in [1.82, 2.24) is 5.32 Å². The molecule has 0 aliphatic heterocycles. The van der Waals surface area contributed by atoms with E-state index in [4.69, 9.17) is 5.41 Å². The van der Waals surface area contributed by atoms with E-state index in [0.29, 0.717) is 0 Å². The van der Waals surface area contributed by atoms with Gasteiger partial charge in [0, 0.05) is 24.4 Å². The van der Waals surface area contributed by atoms with Gasteiger partial charge in [0.1, 0.15) is 0 Å². The monoisotopic (exact) mass is 144 g/mol. The lowest BCUT2D eigenvalue weighted by atomic mass is 10.6. The van der Waals surface area contributed by atoms with E-state index >= 15 is 0 Å². The van der Waals surface area contributed by atoms with Gasteiger partial charge in [-0.05, 0) is 5.75 Å². The summed E-state index contributed by atoms with van der Waals surface area (Å²) in [6.07, 6.45) is 3.17. The molecule has 0 bridgehead atoms. The van der Waals surface area contributed by atoms with Crippen molar-refractivity contribution in [3.8, 4) is 0 Å². The second kappa shape index (κ2) is 5.69. The maximum Gasteiger partial charge on any atom is 0.0405 e. The third-order valence-corrected chi connectivity index (χ3v) is 1.60. The SMILES string of the molecule is CCS/C(C=N)=C/NC. The van der Waals surface area contributed by atoms with Crippen molar-refractivity contribution in [3.63, 3.8) is 0 Å². The molecule has 0 spiro atoms. The summed E-state index contributed by atoms with van der Waals surface area (Å²) in [6.45, 7) is 2.07. The van der Waals surface area contributed by atoms with Crippen LogP contribution in [0.2, 0.25) is 0 Å². The largest absolute Gasteiger partial charge is 0.393 e. The average Bonchev–Trinajstić information content (AvgIpc) is 1.88. The highest BCUT2D eigenvalue weighted by molar-refractivity contribution is 8.03. The fraction of sp³-hybridized carbons (Fsp3) is 0.500. The highest BCUT2D eigenvalue weighted by atomic mass is 32.2. The van der Waals surface area contributed by atoms with Crippen molar-refractivity contribution in [1.29, 1.82) is 5.41 Å². The van der Waals surface area contributed by atoms with Crippen molar-refractivity contribution in [2.45, 2.75) is 6.92 Å². The van der Waals surface area contributed by atoms with Crippen molar-refractivity contribution in [2.75, 3.05) is 12.8 Å². The Morgan fingerprint density at radius 2 is 2.44 bits per heavy atom. The molecule has 0 aromatic heterocycles. The summed E-state index contributed by atoms with van der Waals surface area (Å²) in [5.41, 5.74) is 0. The topological polar surface area (TPSA) is 35.9 Å². The van der Waals surface area contributed by atoms with Gasteiger partial charge < -0.3 is 10.7 Å². The molecule has 52 valence electrons. The summed E-state index contributed by atoms with van der Waals surface area (Å²) in [7, 11) is 1.83. The molecular weight excluding hydrogens is 132 g/mol. The van der Waals surface area contributed by atoms with Crippen LogP contribution in [0.4, 0.5) is 0 Å². The zero-order valence-corrected chi connectivity index (χ0v) is 6.59. The summed E-state index contributed by atoms with van der Waals surface area (Å²) in [5.74, 6) is 1.02. The number of thioether (sulfide) groups is 1. The minimum atomic E-state index is 0.972. The van der Waals surface area contributed by atoms with Gasteiger partial charge in [-0.25, -0.2) is 0 Å². The number of rotatable bonds is 4. The quantitative estimate of drug-likeness (QED) is 0.586. The zero-order chi connectivity index (χ0) is 7.11. The van der Waals surface area contributed by atoms with Gasteiger partial charge in [0.05, 0.1) is 0 Å². The first-order valence-electron chi connectivity index (χ1n) is 2.85. The van der Waals surface area contributed by atoms with Crippen LogP contribution in [0.1, 0.15) is 6.92 Å². The van der Waals surface area contributed by atoms with Crippen LogP contribution in [0, 0.1) is 5.41 Å². The van der Waals surface area contributed by atoms with Crippen LogP contribution in [0.15, 0.2) is 11.1 Å². The second-order valence-corrected chi connectivity index (χ2v) is 2.75. The summed E-state index contributed by atoms with van der Waals surface area (Å²) in [5, 5.41) is 9.78. The van der Waals surface area contributed by atoms with Crippen LogP contribution in [0.5, 0.6) is 0 Å². The Morgan fingerprint density at radius 1 is 1.78 bits per heavy atom. The molecule has 2 nitrogen and oxygen atoms in total. The van der Waals surface area contributed by atoms with Crippen LogP contribution in [0.25, 0.3) is 0 Å². The van der Waals surface area contributed by atoms with Gasteiger partial charge in [0.25, 0.3) is 0 Å². The van der Waals surface area contributed by atoms with Crippen molar-refractivity contribution in [2.24, 2.45) is 0 Å². The Kier molecular flexibility index (Phi) is 5.41. The number of allylic oxidation sites excluding steroid dienone is 1. The Morgan fingerprint density at radius 3 is 2.78 bits per heavy atom. The maximum atomic E-state index is 6.91. The molecule has 0 rings (SSSR count). The normalized spacial score (nSPS) is 11.1. The van der Waals surface area contributed by atoms with Crippen LogP contribution >= 0.6 is 11.8 Å². The fourth-order valence-corrected chi connectivity index (χ4v) is 1.05. The van der Waals surface area contributed by atoms with Crippen LogP contribution in [0.3, 0.4) is 0 Å². The first-order valence-corrected chi connectivity index (χ1v) is 3.84. The molecule has 0 amide bonds. The van der Waals surface area contributed by atoms with Gasteiger partial charge in [0.15, 0.2) is 0 Å². The third kappa shape index (κ3) is 4.09. The van der Waals surface area contributed by atoms with Crippen LogP contribution in [-0.4, -0.2) is 19.0 Å². The minimum Gasteiger partial charge on any atom is -0.393 e. The third-order valence-electron chi connectivity index (χ3n) is 0.740.